The molecule has 2 amide bonds. The Kier molecular flexibility index (Phi) is 4.47. The van der Waals surface area contributed by atoms with Crippen LogP contribution < -0.4 is 10.2 Å². The first-order chi connectivity index (χ1) is 10.7. The molecule has 2 N–H and O–H groups in total. The van der Waals surface area contributed by atoms with Crippen molar-refractivity contribution >= 4 is 17.4 Å². The zero-order chi connectivity index (χ0) is 15.5. The number of aliphatic hydroxyl groups is 1. The smallest absolute Gasteiger partial charge is 0.322 e. The number of carbonyl (C=O) groups excluding carboxylic acids is 1. The Morgan fingerprint density at radius 1 is 1.27 bits per heavy atom. The second-order valence-electron chi connectivity index (χ2n) is 5.96. The van der Waals surface area contributed by atoms with Gasteiger partial charge >= 0.3 is 6.03 Å². The Hall–Kier alpha value is -1.82. The van der Waals surface area contributed by atoms with E-state index < -0.39 is 0 Å². The van der Waals surface area contributed by atoms with Crippen LogP contribution in [0.1, 0.15) is 25.7 Å². The van der Waals surface area contributed by atoms with E-state index in [4.69, 9.17) is 0 Å². The number of nitrogens with one attached hydrogen (secondary N) is 1. The van der Waals surface area contributed by atoms with Crippen molar-refractivity contribution in [2.75, 3.05) is 36.5 Å². The average molecular weight is 307 g/mol. The lowest BCUT2D eigenvalue weighted by atomic mass is 10.2. The largest absolute Gasteiger partial charge is 0.394 e. The third-order valence-electron chi connectivity index (χ3n) is 4.49. The number of nitrogens with zero attached hydrogens (tertiary/aromatic N) is 2. The van der Waals surface area contributed by atoms with E-state index in [-0.39, 0.29) is 24.5 Å². The normalized spacial score (nSPS) is 21.5. The Balaban J connectivity index is 1.67. The van der Waals surface area contributed by atoms with Gasteiger partial charge in [-0.2, -0.15) is 0 Å². The minimum atomic E-state index is -0.306. The van der Waals surface area contributed by atoms with Crippen LogP contribution in [0.3, 0.4) is 0 Å². The molecule has 0 bridgehead atoms. The van der Waals surface area contributed by atoms with Crippen molar-refractivity contribution in [3.05, 3.63) is 24.0 Å². The van der Waals surface area contributed by atoms with Gasteiger partial charge in [-0.1, -0.05) is 0 Å². The highest BCUT2D eigenvalue weighted by Crippen LogP contribution is 2.26. The molecule has 0 aromatic heterocycles. The molecule has 0 spiro atoms. The maximum absolute atomic E-state index is 14.2. The third-order valence-corrected chi connectivity index (χ3v) is 4.49. The van der Waals surface area contributed by atoms with Gasteiger partial charge in [-0.05, 0) is 43.9 Å². The van der Waals surface area contributed by atoms with Gasteiger partial charge in [0.1, 0.15) is 5.82 Å². The molecule has 6 heteroatoms. The number of benzene rings is 1. The van der Waals surface area contributed by atoms with Gasteiger partial charge in [-0.15, -0.1) is 0 Å². The maximum Gasteiger partial charge on any atom is 0.322 e. The Labute approximate surface area is 129 Å². The second-order valence-corrected chi connectivity index (χ2v) is 5.96. The summed E-state index contributed by atoms with van der Waals surface area (Å²) in [6.45, 7) is 2.37. The van der Waals surface area contributed by atoms with Crippen LogP contribution >= 0.6 is 0 Å². The predicted molar refractivity (Wildman–Crippen MR) is 83.7 cm³/mol. The van der Waals surface area contributed by atoms with Gasteiger partial charge in [-0.25, -0.2) is 9.18 Å². The lowest BCUT2D eigenvalue weighted by molar-refractivity contribution is 0.166. The summed E-state index contributed by atoms with van der Waals surface area (Å²) in [6.07, 6.45) is 3.89. The fraction of sp³-hybridized carbons (Fsp3) is 0.562. The monoisotopic (exact) mass is 307 g/mol. The summed E-state index contributed by atoms with van der Waals surface area (Å²) in [5.74, 6) is -0.306. The molecular formula is C16H22FN3O2. The molecule has 0 saturated carbocycles. The Morgan fingerprint density at radius 3 is 2.73 bits per heavy atom. The first-order valence-electron chi connectivity index (χ1n) is 7.92. The van der Waals surface area contributed by atoms with Crippen molar-refractivity contribution in [1.29, 1.82) is 0 Å². The highest BCUT2D eigenvalue weighted by Gasteiger charge is 2.28. The molecule has 22 heavy (non-hydrogen) atoms. The van der Waals surface area contributed by atoms with Gasteiger partial charge in [0.15, 0.2) is 0 Å². The molecule has 120 valence electrons. The minimum absolute atomic E-state index is 0.0321. The van der Waals surface area contributed by atoms with Crippen molar-refractivity contribution < 1.29 is 14.3 Å². The number of aliphatic hydroxyl groups excluding tert-OH is 1. The number of hydrogen-bond acceptors (Lipinski definition) is 3. The van der Waals surface area contributed by atoms with Crippen LogP contribution in [0.5, 0.6) is 0 Å². The van der Waals surface area contributed by atoms with Crippen LogP contribution in [0.25, 0.3) is 0 Å². The van der Waals surface area contributed by atoms with E-state index in [0.717, 1.165) is 38.8 Å². The van der Waals surface area contributed by atoms with E-state index in [1.165, 1.54) is 6.07 Å². The van der Waals surface area contributed by atoms with E-state index in [1.807, 2.05) is 4.90 Å². The molecule has 2 aliphatic rings. The summed E-state index contributed by atoms with van der Waals surface area (Å²) in [6, 6.07) is 4.43. The zero-order valence-electron chi connectivity index (χ0n) is 12.6. The minimum Gasteiger partial charge on any atom is -0.394 e. The van der Waals surface area contributed by atoms with Gasteiger partial charge in [-0.3, -0.25) is 0 Å². The van der Waals surface area contributed by atoms with Gasteiger partial charge in [0.05, 0.1) is 18.3 Å². The van der Waals surface area contributed by atoms with Crippen LogP contribution in [0, 0.1) is 5.82 Å². The van der Waals surface area contributed by atoms with Crippen molar-refractivity contribution in [2.45, 2.75) is 31.7 Å². The van der Waals surface area contributed by atoms with Gasteiger partial charge in [0, 0.05) is 25.3 Å². The predicted octanol–water partition coefficient (Wildman–Crippen LogP) is 2.41. The van der Waals surface area contributed by atoms with Crippen LogP contribution in [-0.2, 0) is 0 Å². The van der Waals surface area contributed by atoms with E-state index in [2.05, 4.69) is 5.32 Å². The van der Waals surface area contributed by atoms with Gasteiger partial charge in [0.2, 0.25) is 0 Å². The molecule has 1 aromatic carbocycles. The first-order valence-corrected chi connectivity index (χ1v) is 7.92. The third kappa shape index (κ3) is 3.02. The molecule has 1 aromatic rings. The molecule has 2 fully saturated rings. The number of amides is 2. The van der Waals surface area contributed by atoms with E-state index in [9.17, 15) is 14.3 Å². The topological polar surface area (TPSA) is 55.8 Å². The van der Waals surface area contributed by atoms with E-state index >= 15 is 0 Å². The SMILES string of the molecule is O=C(Nc1ccc(N2CCCC2)c(F)c1)N1CCC[C@H]1CO. The fourth-order valence-corrected chi connectivity index (χ4v) is 3.29. The summed E-state index contributed by atoms with van der Waals surface area (Å²) >= 11 is 0. The van der Waals surface area contributed by atoms with Gasteiger partial charge < -0.3 is 20.2 Å². The molecule has 2 aliphatic heterocycles. The summed E-state index contributed by atoms with van der Waals surface area (Å²) in [5, 5.41) is 12.0. The number of rotatable bonds is 3. The highest BCUT2D eigenvalue weighted by molar-refractivity contribution is 5.90. The summed E-state index contributed by atoms with van der Waals surface area (Å²) < 4.78 is 14.2. The molecular weight excluding hydrogens is 285 g/mol. The fourth-order valence-electron chi connectivity index (χ4n) is 3.29. The summed E-state index contributed by atoms with van der Waals surface area (Å²) in [7, 11) is 0. The Morgan fingerprint density at radius 2 is 2.05 bits per heavy atom. The van der Waals surface area contributed by atoms with Crippen molar-refractivity contribution in [3.63, 3.8) is 0 Å². The number of halogens is 1. The van der Waals surface area contributed by atoms with Crippen LogP contribution in [0.2, 0.25) is 0 Å². The number of carbonyl (C=O) groups is 1. The number of anilines is 2. The summed E-state index contributed by atoms with van der Waals surface area (Å²) in [4.78, 5) is 15.9. The number of likely N-dealkylation sites (tertiary alicyclic amines) is 1. The molecule has 2 heterocycles. The highest BCUT2D eigenvalue weighted by atomic mass is 19.1. The van der Waals surface area contributed by atoms with Crippen LogP contribution in [0.15, 0.2) is 18.2 Å². The lowest BCUT2D eigenvalue weighted by Crippen LogP contribution is -2.40. The molecule has 1 atom stereocenters. The zero-order valence-corrected chi connectivity index (χ0v) is 12.6. The van der Waals surface area contributed by atoms with Crippen molar-refractivity contribution in [2.24, 2.45) is 0 Å². The first kappa shape index (κ1) is 15.1. The Bertz CT molecular complexity index is 546. The quantitative estimate of drug-likeness (QED) is 0.901. The maximum atomic E-state index is 14.2. The standard InChI is InChI=1S/C16H22FN3O2/c17-14-10-12(5-6-15(14)19-7-1-2-8-19)18-16(22)20-9-3-4-13(20)11-21/h5-6,10,13,21H,1-4,7-9,11H2,(H,18,22)/t13-/m0/s1. The molecule has 2 saturated heterocycles. The van der Waals surface area contributed by atoms with Gasteiger partial charge in [0.25, 0.3) is 0 Å². The summed E-state index contributed by atoms with van der Waals surface area (Å²) in [5.41, 5.74) is 1.05. The molecule has 0 radical (unpaired) electrons. The molecule has 5 nitrogen and oxygen atoms in total. The molecule has 0 unspecified atom stereocenters. The lowest BCUT2D eigenvalue weighted by Gasteiger charge is -2.24. The molecule has 3 rings (SSSR count). The average Bonchev–Trinajstić information content (AvgIpc) is 3.18. The van der Waals surface area contributed by atoms with Crippen molar-refractivity contribution in [3.8, 4) is 0 Å². The van der Waals surface area contributed by atoms with E-state index in [1.54, 1.807) is 17.0 Å². The van der Waals surface area contributed by atoms with Crippen LogP contribution in [-0.4, -0.2) is 48.3 Å². The van der Waals surface area contributed by atoms with Crippen LogP contribution in [0.4, 0.5) is 20.6 Å². The number of hydrogen-bond donors (Lipinski definition) is 2. The molecule has 0 aliphatic carbocycles. The van der Waals surface area contributed by atoms with Crippen molar-refractivity contribution in [1.82, 2.24) is 4.90 Å². The number of urea groups is 1. The second kappa shape index (κ2) is 6.52. The van der Waals surface area contributed by atoms with E-state index in [0.29, 0.717) is 17.9 Å².